The van der Waals surface area contributed by atoms with Gasteiger partial charge in [-0.3, -0.25) is 14.8 Å². The van der Waals surface area contributed by atoms with E-state index in [0.29, 0.717) is 16.8 Å². The molecule has 0 atom stereocenters. The van der Waals surface area contributed by atoms with E-state index in [4.69, 9.17) is 0 Å². The van der Waals surface area contributed by atoms with Gasteiger partial charge in [0.1, 0.15) is 17.2 Å². The van der Waals surface area contributed by atoms with Gasteiger partial charge in [-0.15, -0.1) is 0 Å². The van der Waals surface area contributed by atoms with Gasteiger partial charge in [0.25, 0.3) is 0 Å². The Balaban J connectivity index is 1.77. The molecule has 0 saturated heterocycles. The summed E-state index contributed by atoms with van der Waals surface area (Å²) >= 11 is 0. The molecule has 0 fully saturated rings. The lowest BCUT2D eigenvalue weighted by molar-refractivity contribution is 0.0695. The quantitative estimate of drug-likeness (QED) is 0.574. The average Bonchev–Trinajstić information content (AvgIpc) is 2.70. The fraction of sp³-hybridized carbons (Fsp3) is 0.0476. The van der Waals surface area contributed by atoms with Crippen LogP contribution in [0.15, 0.2) is 66.0 Å². The predicted octanol–water partition coefficient (Wildman–Crippen LogP) is 3.48. The van der Waals surface area contributed by atoms with Crippen LogP contribution in [0, 0.1) is 11.6 Å². The molecule has 29 heavy (non-hydrogen) atoms. The van der Waals surface area contributed by atoms with Crippen LogP contribution in [0.25, 0.3) is 22.0 Å². The van der Waals surface area contributed by atoms with Crippen LogP contribution in [0.1, 0.15) is 16.1 Å². The van der Waals surface area contributed by atoms with Crippen molar-refractivity contribution in [3.8, 4) is 11.1 Å². The first-order valence-electron chi connectivity index (χ1n) is 8.55. The first kappa shape index (κ1) is 18.4. The molecule has 8 heteroatoms. The van der Waals surface area contributed by atoms with Crippen molar-refractivity contribution in [1.29, 1.82) is 0 Å². The molecular weight excluding hydrogens is 380 g/mol. The lowest BCUT2D eigenvalue weighted by Crippen LogP contribution is -2.20. The summed E-state index contributed by atoms with van der Waals surface area (Å²) in [5.74, 6) is -2.50. The molecule has 0 spiro atoms. The number of carboxylic acid groups (broad SMARTS) is 1. The van der Waals surface area contributed by atoms with Crippen LogP contribution < -0.4 is 5.43 Å². The van der Waals surface area contributed by atoms with E-state index in [2.05, 4.69) is 9.97 Å². The number of hydrogen-bond donors (Lipinski definition) is 1. The summed E-state index contributed by atoms with van der Waals surface area (Å²) < 4.78 is 29.1. The molecule has 1 N–H and O–H groups in total. The molecule has 144 valence electrons. The number of aromatic nitrogens is 3. The van der Waals surface area contributed by atoms with Crippen LogP contribution in [0.4, 0.5) is 8.78 Å². The van der Waals surface area contributed by atoms with Crippen LogP contribution in [-0.4, -0.2) is 25.6 Å². The smallest absolute Gasteiger partial charge is 0.341 e. The zero-order valence-corrected chi connectivity index (χ0v) is 14.8. The molecule has 6 nitrogen and oxygen atoms in total. The van der Waals surface area contributed by atoms with E-state index in [0.717, 1.165) is 12.4 Å². The number of carbonyl (C=O) groups is 1. The Hall–Kier alpha value is -3.94. The largest absolute Gasteiger partial charge is 0.477 e. The van der Waals surface area contributed by atoms with E-state index in [1.807, 2.05) is 0 Å². The number of carboxylic acids is 1. The van der Waals surface area contributed by atoms with Gasteiger partial charge < -0.3 is 9.67 Å². The predicted molar refractivity (Wildman–Crippen MR) is 102 cm³/mol. The zero-order chi connectivity index (χ0) is 20.5. The van der Waals surface area contributed by atoms with Crippen molar-refractivity contribution in [2.24, 2.45) is 0 Å². The fourth-order valence-corrected chi connectivity index (χ4v) is 3.12. The second-order valence-corrected chi connectivity index (χ2v) is 6.37. The molecule has 0 aliphatic rings. The first-order chi connectivity index (χ1) is 13.9. The Bertz CT molecular complexity index is 1300. The number of nitrogens with zero attached hydrogens (tertiary/aromatic N) is 3. The van der Waals surface area contributed by atoms with E-state index in [1.165, 1.54) is 41.2 Å². The minimum absolute atomic E-state index is 0.00251. The van der Waals surface area contributed by atoms with Crippen molar-refractivity contribution < 1.29 is 18.7 Å². The van der Waals surface area contributed by atoms with Crippen LogP contribution in [-0.2, 0) is 6.54 Å². The third kappa shape index (κ3) is 3.47. The number of rotatable bonds is 4. The summed E-state index contributed by atoms with van der Waals surface area (Å²) in [5.41, 5.74) is 0.501. The molecule has 3 aromatic heterocycles. The monoisotopic (exact) mass is 393 g/mol. The second-order valence-electron chi connectivity index (χ2n) is 6.37. The van der Waals surface area contributed by atoms with Crippen molar-refractivity contribution >= 4 is 16.9 Å². The molecule has 0 unspecified atom stereocenters. The van der Waals surface area contributed by atoms with Crippen LogP contribution in [0.5, 0.6) is 0 Å². The summed E-state index contributed by atoms with van der Waals surface area (Å²) in [4.78, 5) is 31.9. The van der Waals surface area contributed by atoms with Crippen molar-refractivity contribution in [2.45, 2.75) is 6.54 Å². The van der Waals surface area contributed by atoms with Gasteiger partial charge in [-0.05, 0) is 24.3 Å². The number of fused-ring (bicyclic) bond motifs is 1. The molecule has 1 aromatic carbocycles. The molecular formula is C21H13F2N3O3. The van der Waals surface area contributed by atoms with E-state index in [1.54, 1.807) is 12.1 Å². The molecule has 0 amide bonds. The summed E-state index contributed by atoms with van der Waals surface area (Å²) in [7, 11) is 0. The number of benzene rings is 1. The molecule has 0 bridgehead atoms. The Morgan fingerprint density at radius 3 is 2.59 bits per heavy atom. The van der Waals surface area contributed by atoms with Crippen LogP contribution >= 0.6 is 0 Å². The normalized spacial score (nSPS) is 11.0. The van der Waals surface area contributed by atoms with E-state index in [9.17, 15) is 23.5 Å². The number of hydrogen-bond acceptors (Lipinski definition) is 4. The topological polar surface area (TPSA) is 85.1 Å². The highest BCUT2D eigenvalue weighted by atomic mass is 19.1. The second kappa shape index (κ2) is 7.23. The molecule has 0 saturated carbocycles. The number of aromatic carboxylic acids is 1. The molecule has 0 aliphatic heterocycles. The number of para-hydroxylation sites is 1. The van der Waals surface area contributed by atoms with E-state index >= 15 is 0 Å². The summed E-state index contributed by atoms with van der Waals surface area (Å²) in [6.07, 6.45) is 5.23. The van der Waals surface area contributed by atoms with E-state index in [-0.39, 0.29) is 17.4 Å². The Morgan fingerprint density at radius 2 is 1.90 bits per heavy atom. The third-order valence-corrected chi connectivity index (χ3v) is 4.47. The summed E-state index contributed by atoms with van der Waals surface area (Å²) in [5, 5.41) is 9.29. The Morgan fingerprint density at radius 1 is 1.07 bits per heavy atom. The maximum atomic E-state index is 14.4. The lowest BCUT2D eigenvalue weighted by atomic mass is 10.1. The van der Waals surface area contributed by atoms with Gasteiger partial charge in [0.05, 0.1) is 24.0 Å². The molecule has 0 aliphatic carbocycles. The number of halogens is 2. The minimum Gasteiger partial charge on any atom is -0.477 e. The minimum atomic E-state index is -1.39. The van der Waals surface area contributed by atoms with Gasteiger partial charge in [0.2, 0.25) is 5.43 Å². The average molecular weight is 393 g/mol. The maximum Gasteiger partial charge on any atom is 0.341 e. The van der Waals surface area contributed by atoms with Gasteiger partial charge >= 0.3 is 5.97 Å². The van der Waals surface area contributed by atoms with Crippen LogP contribution in [0.2, 0.25) is 0 Å². The van der Waals surface area contributed by atoms with E-state index < -0.39 is 28.6 Å². The van der Waals surface area contributed by atoms with Gasteiger partial charge in [-0.25, -0.2) is 13.6 Å². The van der Waals surface area contributed by atoms with Crippen molar-refractivity contribution in [3.63, 3.8) is 0 Å². The Labute approximate surface area is 162 Å². The highest BCUT2D eigenvalue weighted by molar-refractivity contribution is 5.92. The molecule has 4 rings (SSSR count). The van der Waals surface area contributed by atoms with Crippen molar-refractivity contribution in [2.75, 3.05) is 0 Å². The summed E-state index contributed by atoms with van der Waals surface area (Å²) in [6.45, 7) is 0.0413. The molecule has 4 aromatic rings. The number of pyridine rings is 3. The Kier molecular flexibility index (Phi) is 4.59. The molecule has 3 heterocycles. The van der Waals surface area contributed by atoms with Crippen molar-refractivity contribution in [1.82, 2.24) is 14.5 Å². The highest BCUT2D eigenvalue weighted by Gasteiger charge is 2.17. The summed E-state index contributed by atoms with van der Waals surface area (Å²) in [6, 6.07) is 8.63. The fourth-order valence-electron chi connectivity index (χ4n) is 3.12. The third-order valence-electron chi connectivity index (χ3n) is 4.47. The highest BCUT2D eigenvalue weighted by Crippen LogP contribution is 2.20. The van der Waals surface area contributed by atoms with Gasteiger partial charge in [-0.1, -0.05) is 12.1 Å². The molecule has 0 radical (unpaired) electrons. The lowest BCUT2D eigenvalue weighted by Gasteiger charge is -2.13. The standard InChI is InChI=1S/C21H13F2N3O3/c22-14-6-13(7-24-9-14)12-4-5-15(25-8-12)10-26-11-17(21(28)29)20(27)16-2-1-3-18(23)19(16)26/h1-9,11H,10H2,(H,28,29). The van der Waals surface area contributed by atoms with Crippen LogP contribution in [0.3, 0.4) is 0 Å². The van der Waals surface area contributed by atoms with Gasteiger partial charge in [0.15, 0.2) is 0 Å². The van der Waals surface area contributed by atoms with Gasteiger partial charge in [0, 0.05) is 35.1 Å². The van der Waals surface area contributed by atoms with Crippen molar-refractivity contribution in [3.05, 3.63) is 94.3 Å². The SMILES string of the molecule is O=C(O)c1cn(Cc2ccc(-c3cncc(F)c3)cn2)c2c(F)cccc2c1=O. The zero-order valence-electron chi connectivity index (χ0n) is 14.8. The first-order valence-corrected chi connectivity index (χ1v) is 8.55. The van der Waals surface area contributed by atoms with Gasteiger partial charge in [-0.2, -0.15) is 0 Å². The maximum absolute atomic E-state index is 14.4.